The summed E-state index contributed by atoms with van der Waals surface area (Å²) in [6.07, 6.45) is 7.07. The lowest BCUT2D eigenvalue weighted by Gasteiger charge is -2.02. The van der Waals surface area contributed by atoms with Gasteiger partial charge in [-0.1, -0.05) is 12.1 Å². The third-order valence-corrected chi connectivity index (χ3v) is 4.00. The lowest BCUT2D eigenvalue weighted by Crippen LogP contribution is -2.11. The summed E-state index contributed by atoms with van der Waals surface area (Å²) < 4.78 is 24.2. The van der Waals surface area contributed by atoms with Gasteiger partial charge in [0.25, 0.3) is 0 Å². The number of rotatable bonds is 6. The summed E-state index contributed by atoms with van der Waals surface area (Å²) in [5.41, 5.74) is 1.06. The number of primary sulfonamides is 1. The van der Waals surface area contributed by atoms with Gasteiger partial charge in [0.2, 0.25) is 10.0 Å². The van der Waals surface area contributed by atoms with Gasteiger partial charge < -0.3 is 4.57 Å². The van der Waals surface area contributed by atoms with Gasteiger partial charge >= 0.3 is 0 Å². The molecule has 0 bridgehead atoms. The molecule has 0 atom stereocenters. The average Bonchev–Trinajstić information content (AvgIpc) is 2.84. The molecule has 2 rings (SSSR count). The molecule has 0 aliphatic rings. The molecule has 1 heterocycles. The maximum atomic E-state index is 11.1. The van der Waals surface area contributed by atoms with Crippen LogP contribution in [0.3, 0.4) is 0 Å². The lowest BCUT2D eigenvalue weighted by molar-refractivity contribution is 0.597. The van der Waals surface area contributed by atoms with Gasteiger partial charge in [0.05, 0.1) is 11.1 Å². The van der Waals surface area contributed by atoms with Crippen LogP contribution in [-0.4, -0.2) is 30.7 Å². The van der Waals surface area contributed by atoms with Crippen molar-refractivity contribution in [3.8, 4) is 0 Å². The second kappa shape index (κ2) is 6.64. The van der Waals surface area contributed by atoms with Crippen molar-refractivity contribution in [2.24, 2.45) is 17.2 Å². The molecular formula is C14H18N4O2S. The molecule has 0 fully saturated rings. The van der Waals surface area contributed by atoms with E-state index in [0.717, 1.165) is 24.2 Å². The standard InChI is InChI=1S/C14H18N4O2S/c1-18-10-9-17-14(18)11-16-8-2-3-12-4-6-13(7-5-12)21(15,19)20/h4-7,9-11H,2-3,8H2,1H3,(H2,15,19,20). The third-order valence-electron chi connectivity index (χ3n) is 3.07. The van der Waals surface area contributed by atoms with Crippen LogP contribution in [0.5, 0.6) is 0 Å². The fourth-order valence-electron chi connectivity index (χ4n) is 1.87. The molecule has 2 N–H and O–H groups in total. The maximum Gasteiger partial charge on any atom is 0.238 e. The predicted molar refractivity (Wildman–Crippen MR) is 81.8 cm³/mol. The third kappa shape index (κ3) is 4.51. The van der Waals surface area contributed by atoms with E-state index < -0.39 is 10.0 Å². The van der Waals surface area contributed by atoms with Gasteiger partial charge in [-0.25, -0.2) is 18.5 Å². The van der Waals surface area contributed by atoms with Crippen LogP contribution in [0.4, 0.5) is 0 Å². The monoisotopic (exact) mass is 306 g/mol. The van der Waals surface area contributed by atoms with Crippen molar-refractivity contribution in [1.82, 2.24) is 9.55 Å². The van der Waals surface area contributed by atoms with E-state index >= 15 is 0 Å². The van der Waals surface area contributed by atoms with Gasteiger partial charge in [0, 0.05) is 26.0 Å². The molecule has 0 amide bonds. The molecule has 2 aromatic rings. The van der Waals surface area contributed by atoms with E-state index in [1.807, 2.05) is 17.8 Å². The van der Waals surface area contributed by atoms with Crippen LogP contribution in [0.25, 0.3) is 0 Å². The summed E-state index contributed by atoms with van der Waals surface area (Å²) in [7, 11) is -1.69. The Morgan fingerprint density at radius 2 is 2.05 bits per heavy atom. The fourth-order valence-corrected chi connectivity index (χ4v) is 2.38. The molecule has 6 nitrogen and oxygen atoms in total. The van der Waals surface area contributed by atoms with Crippen LogP contribution >= 0.6 is 0 Å². The zero-order chi connectivity index (χ0) is 15.3. The fraction of sp³-hybridized carbons (Fsp3) is 0.286. The molecule has 7 heteroatoms. The highest BCUT2D eigenvalue weighted by Crippen LogP contribution is 2.10. The van der Waals surface area contributed by atoms with Crippen LogP contribution in [0.2, 0.25) is 0 Å². The van der Waals surface area contributed by atoms with Gasteiger partial charge in [0.15, 0.2) is 0 Å². The van der Waals surface area contributed by atoms with Crippen LogP contribution in [0, 0.1) is 0 Å². The van der Waals surface area contributed by atoms with E-state index in [1.165, 1.54) is 12.1 Å². The van der Waals surface area contributed by atoms with Crippen LogP contribution in [0.1, 0.15) is 17.8 Å². The summed E-state index contributed by atoms with van der Waals surface area (Å²) >= 11 is 0. The van der Waals surface area contributed by atoms with Crippen molar-refractivity contribution in [3.05, 3.63) is 48.0 Å². The van der Waals surface area contributed by atoms with Gasteiger partial charge in [0.1, 0.15) is 5.82 Å². The molecule has 0 saturated heterocycles. The molecule has 0 radical (unpaired) electrons. The molecule has 1 aromatic heterocycles. The van der Waals surface area contributed by atoms with E-state index in [4.69, 9.17) is 5.14 Å². The Labute approximate surface area is 124 Å². The minimum absolute atomic E-state index is 0.138. The number of aryl methyl sites for hydroxylation is 2. The first-order valence-corrected chi connectivity index (χ1v) is 8.10. The highest BCUT2D eigenvalue weighted by molar-refractivity contribution is 7.89. The van der Waals surface area contributed by atoms with Crippen LogP contribution < -0.4 is 5.14 Å². The van der Waals surface area contributed by atoms with E-state index in [2.05, 4.69) is 9.98 Å². The SMILES string of the molecule is Cn1ccnc1C=NCCCc1ccc(S(N)(=O)=O)cc1. The first-order valence-electron chi connectivity index (χ1n) is 6.56. The van der Waals surface area contributed by atoms with Crippen LogP contribution in [0.15, 0.2) is 46.5 Å². The van der Waals surface area contributed by atoms with Crippen molar-refractivity contribution < 1.29 is 8.42 Å². The Bertz CT molecular complexity index is 718. The zero-order valence-electron chi connectivity index (χ0n) is 11.8. The normalized spacial score (nSPS) is 12.1. The summed E-state index contributed by atoms with van der Waals surface area (Å²) in [6.45, 7) is 0.698. The smallest absolute Gasteiger partial charge is 0.238 e. The largest absolute Gasteiger partial charge is 0.333 e. The summed E-state index contributed by atoms with van der Waals surface area (Å²) in [5, 5.41) is 5.05. The molecule has 21 heavy (non-hydrogen) atoms. The predicted octanol–water partition coefficient (Wildman–Crippen LogP) is 1.12. The number of nitrogens with zero attached hydrogens (tertiary/aromatic N) is 3. The average molecular weight is 306 g/mol. The summed E-state index contributed by atoms with van der Waals surface area (Å²) in [6, 6.07) is 6.62. The Balaban J connectivity index is 1.81. The second-order valence-corrected chi connectivity index (χ2v) is 6.29. The quantitative estimate of drug-likeness (QED) is 0.640. The number of sulfonamides is 1. The molecule has 0 saturated carbocycles. The van der Waals surface area contributed by atoms with E-state index in [0.29, 0.717) is 6.54 Å². The van der Waals surface area contributed by atoms with Gasteiger partial charge in [-0.3, -0.25) is 4.99 Å². The number of hydrogen-bond acceptors (Lipinski definition) is 4. The van der Waals surface area contributed by atoms with Crippen LogP contribution in [-0.2, 0) is 23.5 Å². The second-order valence-electron chi connectivity index (χ2n) is 4.72. The topological polar surface area (TPSA) is 90.3 Å². The molecule has 0 unspecified atom stereocenters. The maximum absolute atomic E-state index is 11.1. The molecular weight excluding hydrogens is 288 g/mol. The highest BCUT2D eigenvalue weighted by atomic mass is 32.2. The van der Waals surface area contributed by atoms with E-state index in [-0.39, 0.29) is 4.90 Å². The number of aromatic nitrogens is 2. The van der Waals surface area contributed by atoms with Crippen molar-refractivity contribution >= 4 is 16.2 Å². The molecule has 1 aromatic carbocycles. The summed E-state index contributed by atoms with van der Waals surface area (Å²) in [4.78, 5) is 8.61. The zero-order valence-corrected chi connectivity index (χ0v) is 12.6. The van der Waals surface area contributed by atoms with E-state index in [9.17, 15) is 8.42 Å². The van der Waals surface area contributed by atoms with Crippen molar-refractivity contribution in [2.75, 3.05) is 6.54 Å². The Morgan fingerprint density at radius 3 is 2.62 bits per heavy atom. The lowest BCUT2D eigenvalue weighted by atomic mass is 10.1. The minimum Gasteiger partial charge on any atom is -0.333 e. The minimum atomic E-state index is -3.61. The van der Waals surface area contributed by atoms with E-state index in [1.54, 1.807) is 24.5 Å². The highest BCUT2D eigenvalue weighted by Gasteiger charge is 2.06. The number of benzene rings is 1. The van der Waals surface area contributed by atoms with Crippen molar-refractivity contribution in [1.29, 1.82) is 0 Å². The number of aliphatic imine (C=N–C) groups is 1. The first kappa shape index (κ1) is 15.4. The van der Waals surface area contributed by atoms with Crippen molar-refractivity contribution in [3.63, 3.8) is 0 Å². The Morgan fingerprint density at radius 1 is 1.33 bits per heavy atom. The van der Waals surface area contributed by atoms with Gasteiger partial charge in [-0.15, -0.1) is 0 Å². The number of nitrogens with two attached hydrogens (primary N) is 1. The summed E-state index contributed by atoms with van der Waals surface area (Å²) in [5.74, 6) is 0.826. The van der Waals surface area contributed by atoms with Crippen molar-refractivity contribution in [2.45, 2.75) is 17.7 Å². The number of hydrogen-bond donors (Lipinski definition) is 1. The number of imidazole rings is 1. The molecule has 0 aliphatic heterocycles. The molecule has 0 spiro atoms. The molecule has 0 aliphatic carbocycles. The molecule has 112 valence electrons. The van der Waals surface area contributed by atoms with Gasteiger partial charge in [-0.05, 0) is 30.5 Å². The first-order chi connectivity index (χ1) is 9.97. The Hall–Kier alpha value is -1.99. The van der Waals surface area contributed by atoms with Gasteiger partial charge in [-0.2, -0.15) is 0 Å². The Kier molecular flexibility index (Phi) is 4.87.